The highest BCUT2D eigenvalue weighted by Gasteiger charge is 2.54. The molecule has 0 amide bonds. The molecule has 1 aromatic rings. The van der Waals surface area contributed by atoms with Crippen LogP contribution in [0.15, 0.2) is 17.6 Å². The number of carboxylic acids is 1. The fraction of sp³-hybridized carbons (Fsp3) is 0.714. The maximum Gasteiger partial charge on any atom is 0.308 e. The van der Waals surface area contributed by atoms with Crippen molar-refractivity contribution >= 4 is 16.0 Å². The van der Waals surface area contributed by atoms with E-state index in [-0.39, 0.29) is 11.1 Å². The van der Waals surface area contributed by atoms with E-state index in [1.54, 1.807) is 10.8 Å². The smallest absolute Gasteiger partial charge is 0.308 e. The summed E-state index contributed by atoms with van der Waals surface area (Å²) < 4.78 is 28.8. The molecule has 122 valence electrons. The fourth-order valence-electron chi connectivity index (χ4n) is 3.68. The van der Waals surface area contributed by atoms with Gasteiger partial charge < -0.3 is 9.67 Å². The number of carboxylic acid groups (broad SMARTS) is 1. The highest BCUT2D eigenvalue weighted by Crippen LogP contribution is 2.44. The molecule has 2 fully saturated rings. The van der Waals surface area contributed by atoms with Crippen molar-refractivity contribution in [2.24, 2.45) is 11.8 Å². The van der Waals surface area contributed by atoms with Crippen LogP contribution >= 0.6 is 0 Å². The molecule has 1 N–H and O–H groups in total. The Kier molecular flexibility index (Phi) is 3.76. The lowest BCUT2D eigenvalue weighted by Gasteiger charge is -2.21. The first-order valence-corrected chi connectivity index (χ1v) is 9.03. The zero-order valence-electron chi connectivity index (χ0n) is 12.7. The Labute approximate surface area is 130 Å². The Morgan fingerprint density at radius 1 is 1.45 bits per heavy atom. The molecule has 2 saturated heterocycles. The van der Waals surface area contributed by atoms with Gasteiger partial charge in [0, 0.05) is 24.8 Å². The molecule has 22 heavy (non-hydrogen) atoms. The number of carbonyl (C=O) groups is 1. The van der Waals surface area contributed by atoms with E-state index in [9.17, 15) is 18.3 Å². The Morgan fingerprint density at radius 2 is 2.18 bits per heavy atom. The minimum absolute atomic E-state index is 0.0242. The van der Waals surface area contributed by atoms with Gasteiger partial charge in [-0.2, -0.15) is 4.31 Å². The first-order chi connectivity index (χ1) is 10.3. The molecule has 8 heteroatoms. The average Bonchev–Trinajstić information content (AvgIpc) is 3.10. The van der Waals surface area contributed by atoms with E-state index >= 15 is 0 Å². The first kappa shape index (κ1) is 15.5. The number of hydrogen-bond acceptors (Lipinski definition) is 4. The topological polar surface area (TPSA) is 92.5 Å². The standard InChI is InChI=1S/C14H21N3O4S/c1-9(2)6-16-7-13(15-8-16)22(20,21)17-10-3-4-12(17)11(5-10)14(18)19/h7-12H,3-6H2,1-2H3,(H,18,19). The van der Waals surface area contributed by atoms with Gasteiger partial charge in [0.05, 0.1) is 12.2 Å². The molecule has 3 rings (SSSR count). The monoisotopic (exact) mass is 327 g/mol. The second kappa shape index (κ2) is 5.34. The normalized spacial score (nSPS) is 28.6. The van der Waals surface area contributed by atoms with E-state index in [4.69, 9.17) is 0 Å². The van der Waals surface area contributed by atoms with Gasteiger partial charge in [-0.05, 0) is 25.2 Å². The lowest BCUT2D eigenvalue weighted by molar-refractivity contribution is -0.142. The number of fused-ring (bicyclic) bond motifs is 2. The van der Waals surface area contributed by atoms with E-state index in [1.165, 1.54) is 10.6 Å². The lowest BCUT2D eigenvalue weighted by Crippen LogP contribution is -2.38. The summed E-state index contributed by atoms with van der Waals surface area (Å²) in [6.45, 7) is 4.80. The van der Waals surface area contributed by atoms with Crippen LogP contribution in [0.3, 0.4) is 0 Å². The van der Waals surface area contributed by atoms with E-state index in [0.717, 1.165) is 6.42 Å². The molecule has 0 radical (unpaired) electrons. The van der Waals surface area contributed by atoms with Crippen LogP contribution in [0.25, 0.3) is 0 Å². The minimum atomic E-state index is -3.72. The summed E-state index contributed by atoms with van der Waals surface area (Å²) in [6.07, 6.45) is 4.84. The van der Waals surface area contributed by atoms with Gasteiger partial charge in [-0.3, -0.25) is 4.79 Å². The van der Waals surface area contributed by atoms with Crippen molar-refractivity contribution < 1.29 is 18.3 Å². The first-order valence-electron chi connectivity index (χ1n) is 7.59. The number of imidazole rings is 1. The lowest BCUT2D eigenvalue weighted by atomic mass is 9.89. The Balaban J connectivity index is 1.87. The summed E-state index contributed by atoms with van der Waals surface area (Å²) in [7, 11) is -3.72. The van der Waals surface area contributed by atoms with Crippen LogP contribution in [0.1, 0.15) is 33.1 Å². The van der Waals surface area contributed by atoms with Crippen molar-refractivity contribution in [1.29, 1.82) is 0 Å². The zero-order valence-corrected chi connectivity index (χ0v) is 13.5. The van der Waals surface area contributed by atoms with Gasteiger partial charge in [-0.15, -0.1) is 0 Å². The molecule has 3 heterocycles. The van der Waals surface area contributed by atoms with Crippen molar-refractivity contribution in [2.45, 2.75) is 56.8 Å². The van der Waals surface area contributed by atoms with Gasteiger partial charge in [-0.1, -0.05) is 13.8 Å². The number of rotatable bonds is 5. The molecule has 7 nitrogen and oxygen atoms in total. The summed E-state index contributed by atoms with van der Waals surface area (Å²) >= 11 is 0. The van der Waals surface area contributed by atoms with E-state index in [2.05, 4.69) is 4.98 Å². The zero-order chi connectivity index (χ0) is 16.1. The highest BCUT2D eigenvalue weighted by molar-refractivity contribution is 7.89. The third kappa shape index (κ3) is 2.44. The predicted molar refractivity (Wildman–Crippen MR) is 78.6 cm³/mol. The summed E-state index contributed by atoms with van der Waals surface area (Å²) in [5, 5.41) is 9.28. The van der Waals surface area contributed by atoms with Gasteiger partial charge in [0.2, 0.25) is 0 Å². The van der Waals surface area contributed by atoms with Gasteiger partial charge in [-0.25, -0.2) is 13.4 Å². The quantitative estimate of drug-likeness (QED) is 0.876. The van der Waals surface area contributed by atoms with E-state index < -0.39 is 28.0 Å². The summed E-state index contributed by atoms with van der Waals surface area (Å²) in [6, 6.07) is -0.630. The average molecular weight is 327 g/mol. The van der Waals surface area contributed by atoms with Crippen LogP contribution in [0, 0.1) is 11.8 Å². The molecule has 0 spiro atoms. The molecule has 2 aliphatic heterocycles. The summed E-state index contributed by atoms with van der Waals surface area (Å²) in [4.78, 5) is 15.3. The molecule has 0 aromatic carbocycles. The number of aromatic nitrogens is 2. The van der Waals surface area contributed by atoms with Crippen molar-refractivity contribution in [1.82, 2.24) is 13.9 Å². The molecular weight excluding hydrogens is 306 g/mol. The third-order valence-electron chi connectivity index (χ3n) is 4.52. The summed E-state index contributed by atoms with van der Waals surface area (Å²) in [5.74, 6) is -1.10. The molecule has 3 atom stereocenters. The molecule has 3 unspecified atom stereocenters. The number of hydrogen-bond donors (Lipinski definition) is 1. The van der Waals surface area contributed by atoms with Crippen molar-refractivity contribution in [3.63, 3.8) is 0 Å². The maximum atomic E-state index is 12.8. The van der Waals surface area contributed by atoms with Crippen LogP contribution in [-0.2, 0) is 21.4 Å². The van der Waals surface area contributed by atoms with Gasteiger partial charge in [0.25, 0.3) is 10.0 Å². The predicted octanol–water partition coefficient (Wildman–Crippen LogP) is 1.17. The Hall–Kier alpha value is -1.41. The number of aliphatic carboxylic acids is 1. The second-order valence-corrected chi connectivity index (χ2v) is 8.41. The van der Waals surface area contributed by atoms with Gasteiger partial charge >= 0.3 is 5.97 Å². The third-order valence-corrected chi connectivity index (χ3v) is 6.38. The molecule has 1 aromatic heterocycles. The van der Waals surface area contributed by atoms with Crippen LogP contribution in [0.2, 0.25) is 0 Å². The Morgan fingerprint density at radius 3 is 2.77 bits per heavy atom. The van der Waals surface area contributed by atoms with Crippen molar-refractivity contribution in [3.05, 3.63) is 12.5 Å². The van der Waals surface area contributed by atoms with Gasteiger partial charge in [0.15, 0.2) is 5.03 Å². The number of nitrogens with zero attached hydrogens (tertiary/aromatic N) is 3. The fourth-order valence-corrected chi connectivity index (χ4v) is 5.54. The molecule has 2 aliphatic rings. The Bertz CT molecular complexity index is 682. The molecule has 2 bridgehead atoms. The van der Waals surface area contributed by atoms with Crippen LogP contribution in [0.5, 0.6) is 0 Å². The second-order valence-electron chi connectivity index (χ2n) is 6.62. The minimum Gasteiger partial charge on any atom is -0.481 e. The molecule has 0 aliphatic carbocycles. The van der Waals surface area contributed by atoms with E-state index in [1.807, 2.05) is 13.8 Å². The maximum absolute atomic E-state index is 12.8. The van der Waals surface area contributed by atoms with Gasteiger partial charge in [0.1, 0.15) is 0 Å². The number of sulfonamides is 1. The van der Waals surface area contributed by atoms with Crippen LogP contribution in [-0.4, -0.2) is 45.4 Å². The summed E-state index contributed by atoms with van der Waals surface area (Å²) in [5.41, 5.74) is 0. The molecule has 0 saturated carbocycles. The molecular formula is C14H21N3O4S. The van der Waals surface area contributed by atoms with Crippen LogP contribution < -0.4 is 0 Å². The van der Waals surface area contributed by atoms with Crippen LogP contribution in [0.4, 0.5) is 0 Å². The largest absolute Gasteiger partial charge is 0.481 e. The SMILES string of the molecule is CC(C)Cn1cnc(S(=O)(=O)N2C3CCC2C(C(=O)O)C3)c1. The van der Waals surface area contributed by atoms with Crippen molar-refractivity contribution in [2.75, 3.05) is 0 Å². The van der Waals surface area contributed by atoms with E-state index in [0.29, 0.717) is 25.3 Å². The van der Waals surface area contributed by atoms with Crippen molar-refractivity contribution in [3.8, 4) is 0 Å². The highest BCUT2D eigenvalue weighted by atomic mass is 32.2.